The van der Waals surface area contributed by atoms with E-state index in [0.29, 0.717) is 0 Å². The third kappa shape index (κ3) is 3.99. The van der Waals surface area contributed by atoms with E-state index in [9.17, 15) is 9.59 Å². The number of hydrogen-bond acceptors (Lipinski definition) is 3. The molecule has 0 spiro atoms. The van der Waals surface area contributed by atoms with Crippen molar-refractivity contribution in [2.45, 2.75) is 13.0 Å². The van der Waals surface area contributed by atoms with Gasteiger partial charge in [0.1, 0.15) is 6.54 Å². The molecule has 1 aromatic rings. The number of carbonyl (C=O) groups excluding carboxylic acids is 1. The van der Waals surface area contributed by atoms with Gasteiger partial charge in [-0.05, 0) is 29.3 Å². The third-order valence-corrected chi connectivity index (χ3v) is 2.49. The van der Waals surface area contributed by atoms with Gasteiger partial charge >= 0.3 is 12.0 Å². The zero-order valence-electron chi connectivity index (χ0n) is 8.19. The quantitative estimate of drug-likeness (QED) is 0.724. The lowest BCUT2D eigenvalue weighted by Gasteiger charge is -2.12. The normalized spacial score (nSPS) is 11.8. The first-order chi connectivity index (χ1) is 7.09. The minimum absolute atomic E-state index is 0.120. The molecule has 0 saturated heterocycles. The number of rotatable bonds is 4. The Morgan fingerprint density at radius 2 is 2.33 bits per heavy atom. The van der Waals surface area contributed by atoms with Crippen LogP contribution in [0.1, 0.15) is 18.5 Å². The molecule has 0 fully saturated rings. The van der Waals surface area contributed by atoms with Gasteiger partial charge in [0.05, 0.1) is 6.04 Å². The van der Waals surface area contributed by atoms with Gasteiger partial charge in [-0.1, -0.05) is 0 Å². The van der Waals surface area contributed by atoms with Crippen LogP contribution >= 0.6 is 11.3 Å². The molecule has 0 aliphatic carbocycles. The third-order valence-electron chi connectivity index (χ3n) is 1.79. The molecule has 5 nitrogen and oxygen atoms in total. The summed E-state index contributed by atoms with van der Waals surface area (Å²) in [6, 6.07) is 1.31. The highest BCUT2D eigenvalue weighted by atomic mass is 32.1. The van der Waals surface area contributed by atoms with Crippen LogP contribution in [0.4, 0.5) is 4.79 Å². The van der Waals surface area contributed by atoms with Crippen LogP contribution in [0.25, 0.3) is 0 Å². The van der Waals surface area contributed by atoms with Crippen LogP contribution in [-0.4, -0.2) is 23.7 Å². The topological polar surface area (TPSA) is 78.4 Å². The van der Waals surface area contributed by atoms with E-state index in [1.54, 1.807) is 11.3 Å². The zero-order valence-corrected chi connectivity index (χ0v) is 9.00. The highest BCUT2D eigenvalue weighted by Crippen LogP contribution is 2.14. The summed E-state index contributed by atoms with van der Waals surface area (Å²) in [6.07, 6.45) is 0. The van der Waals surface area contributed by atoms with Gasteiger partial charge in [-0.3, -0.25) is 4.79 Å². The standard InChI is InChI=1S/C9H12N2O3S/c1-6(7-2-3-15-5-7)11-9(14)10-4-8(12)13/h2-3,5-6H,4H2,1H3,(H,12,13)(H2,10,11,14). The lowest BCUT2D eigenvalue weighted by Crippen LogP contribution is -2.39. The Hall–Kier alpha value is -1.56. The Balaban J connectivity index is 2.35. The number of carboxylic acid groups (broad SMARTS) is 1. The Labute approximate surface area is 91.1 Å². The molecule has 1 heterocycles. The molecule has 2 amide bonds. The van der Waals surface area contributed by atoms with E-state index < -0.39 is 12.0 Å². The molecule has 0 saturated carbocycles. The van der Waals surface area contributed by atoms with Crippen LogP contribution in [0.2, 0.25) is 0 Å². The molecule has 0 bridgehead atoms. The maximum Gasteiger partial charge on any atom is 0.323 e. The summed E-state index contributed by atoms with van der Waals surface area (Å²) in [5.74, 6) is -1.06. The van der Waals surface area contributed by atoms with Crippen LogP contribution in [0, 0.1) is 0 Å². The fourth-order valence-corrected chi connectivity index (χ4v) is 1.76. The number of amides is 2. The van der Waals surface area contributed by atoms with Gasteiger partial charge in [-0.25, -0.2) is 4.79 Å². The van der Waals surface area contributed by atoms with Crippen molar-refractivity contribution in [1.82, 2.24) is 10.6 Å². The Morgan fingerprint density at radius 3 is 2.87 bits per heavy atom. The van der Waals surface area contributed by atoms with Crippen LogP contribution in [0.5, 0.6) is 0 Å². The van der Waals surface area contributed by atoms with E-state index in [4.69, 9.17) is 5.11 Å². The Morgan fingerprint density at radius 1 is 1.60 bits per heavy atom. The number of nitrogens with one attached hydrogen (secondary N) is 2. The van der Waals surface area contributed by atoms with Crippen LogP contribution in [0.3, 0.4) is 0 Å². The zero-order chi connectivity index (χ0) is 11.3. The summed E-state index contributed by atoms with van der Waals surface area (Å²) in [4.78, 5) is 21.3. The summed E-state index contributed by atoms with van der Waals surface area (Å²) in [6.45, 7) is 1.46. The summed E-state index contributed by atoms with van der Waals surface area (Å²) in [7, 11) is 0. The maximum absolute atomic E-state index is 11.2. The van der Waals surface area contributed by atoms with Crippen molar-refractivity contribution in [2.75, 3.05) is 6.54 Å². The first kappa shape index (κ1) is 11.5. The molecule has 15 heavy (non-hydrogen) atoms. The second kappa shape index (κ2) is 5.35. The summed E-state index contributed by atoms with van der Waals surface area (Å²) in [5.41, 5.74) is 1.01. The van der Waals surface area contributed by atoms with Crippen molar-refractivity contribution in [3.8, 4) is 0 Å². The Kier molecular flexibility index (Phi) is 4.11. The highest BCUT2D eigenvalue weighted by Gasteiger charge is 2.09. The minimum atomic E-state index is -1.06. The summed E-state index contributed by atoms with van der Waals surface area (Å²) >= 11 is 1.55. The van der Waals surface area contributed by atoms with Gasteiger partial charge in [0.25, 0.3) is 0 Å². The molecular formula is C9H12N2O3S. The van der Waals surface area contributed by atoms with Crippen LogP contribution in [-0.2, 0) is 4.79 Å². The maximum atomic E-state index is 11.2. The molecule has 0 aliphatic heterocycles. The smallest absolute Gasteiger partial charge is 0.323 e. The van der Waals surface area contributed by atoms with Gasteiger partial charge < -0.3 is 15.7 Å². The fourth-order valence-electron chi connectivity index (χ4n) is 1.01. The molecule has 6 heteroatoms. The first-order valence-electron chi connectivity index (χ1n) is 4.38. The second-order valence-corrected chi connectivity index (χ2v) is 3.78. The predicted octanol–water partition coefficient (Wildman–Crippen LogP) is 1.19. The first-order valence-corrected chi connectivity index (χ1v) is 5.32. The van der Waals surface area contributed by atoms with Crippen molar-refractivity contribution in [2.24, 2.45) is 0 Å². The van der Waals surface area contributed by atoms with E-state index in [-0.39, 0.29) is 12.6 Å². The predicted molar refractivity (Wildman–Crippen MR) is 56.9 cm³/mol. The van der Waals surface area contributed by atoms with Gasteiger partial charge in [0, 0.05) is 0 Å². The second-order valence-electron chi connectivity index (χ2n) is 3.00. The minimum Gasteiger partial charge on any atom is -0.480 e. The van der Waals surface area contributed by atoms with Crippen LogP contribution < -0.4 is 10.6 Å². The van der Waals surface area contributed by atoms with E-state index >= 15 is 0 Å². The number of carbonyl (C=O) groups is 2. The van der Waals surface area contributed by atoms with Gasteiger partial charge in [0.2, 0.25) is 0 Å². The summed E-state index contributed by atoms with van der Waals surface area (Å²) < 4.78 is 0. The van der Waals surface area contributed by atoms with E-state index in [0.717, 1.165) is 5.56 Å². The van der Waals surface area contributed by atoms with Crippen molar-refractivity contribution in [3.05, 3.63) is 22.4 Å². The van der Waals surface area contributed by atoms with Crippen molar-refractivity contribution in [1.29, 1.82) is 0 Å². The molecular weight excluding hydrogens is 216 g/mol. The number of carboxylic acids is 1. The number of hydrogen-bond donors (Lipinski definition) is 3. The largest absolute Gasteiger partial charge is 0.480 e. The fraction of sp³-hybridized carbons (Fsp3) is 0.333. The monoisotopic (exact) mass is 228 g/mol. The highest BCUT2D eigenvalue weighted by molar-refractivity contribution is 7.07. The molecule has 0 aliphatic rings. The molecule has 0 radical (unpaired) electrons. The summed E-state index contributed by atoms with van der Waals surface area (Å²) in [5, 5.41) is 17.1. The molecule has 1 atom stereocenters. The lowest BCUT2D eigenvalue weighted by molar-refractivity contribution is -0.135. The SMILES string of the molecule is CC(NC(=O)NCC(=O)O)c1ccsc1. The van der Waals surface area contributed by atoms with Gasteiger partial charge in [-0.2, -0.15) is 11.3 Å². The molecule has 1 unspecified atom stereocenters. The molecule has 0 aromatic carbocycles. The van der Waals surface area contributed by atoms with Crippen LogP contribution in [0.15, 0.2) is 16.8 Å². The van der Waals surface area contributed by atoms with Crippen molar-refractivity contribution < 1.29 is 14.7 Å². The molecule has 1 aromatic heterocycles. The van der Waals surface area contributed by atoms with Gasteiger partial charge in [-0.15, -0.1) is 0 Å². The van der Waals surface area contributed by atoms with Crippen molar-refractivity contribution in [3.63, 3.8) is 0 Å². The molecule has 82 valence electrons. The number of thiophene rings is 1. The average molecular weight is 228 g/mol. The van der Waals surface area contributed by atoms with E-state index in [1.807, 2.05) is 23.8 Å². The number of aliphatic carboxylic acids is 1. The van der Waals surface area contributed by atoms with Crippen molar-refractivity contribution >= 4 is 23.3 Å². The molecule has 3 N–H and O–H groups in total. The van der Waals surface area contributed by atoms with E-state index in [2.05, 4.69) is 10.6 Å². The average Bonchev–Trinajstić information content (AvgIpc) is 2.67. The van der Waals surface area contributed by atoms with E-state index in [1.165, 1.54) is 0 Å². The van der Waals surface area contributed by atoms with Gasteiger partial charge in [0.15, 0.2) is 0 Å². The molecule has 1 rings (SSSR count). The Bertz CT molecular complexity index is 337. The number of urea groups is 1. The lowest BCUT2D eigenvalue weighted by atomic mass is 10.2.